The van der Waals surface area contributed by atoms with E-state index in [0.717, 1.165) is 17.9 Å². The maximum absolute atomic E-state index is 5.81. The van der Waals surface area contributed by atoms with Crippen molar-refractivity contribution in [2.45, 2.75) is 51.6 Å². The summed E-state index contributed by atoms with van der Waals surface area (Å²) in [5.41, 5.74) is 8.99. The molecule has 1 aromatic carbocycles. The van der Waals surface area contributed by atoms with Crippen molar-refractivity contribution in [3.8, 4) is 5.75 Å². The number of rotatable bonds is 4. The van der Waals surface area contributed by atoms with Gasteiger partial charge in [-0.25, -0.2) is 0 Å². The molecule has 0 bridgehead atoms. The molecule has 2 fully saturated rings. The zero-order valence-corrected chi connectivity index (χ0v) is 13.2. The summed E-state index contributed by atoms with van der Waals surface area (Å²) < 4.78 is 5.35. The average molecular weight is 288 g/mol. The lowest BCUT2D eigenvalue weighted by Gasteiger charge is -2.39. The SMILES string of the molecule is COc1ccc(CN2CCC3(CCCC3)CC2)cc1CN. The molecular formula is C18H28N2O. The molecular weight excluding hydrogens is 260 g/mol. The normalized spacial score (nSPS) is 21.8. The third kappa shape index (κ3) is 3.24. The molecule has 3 nitrogen and oxygen atoms in total. The van der Waals surface area contributed by atoms with Gasteiger partial charge in [-0.2, -0.15) is 0 Å². The molecule has 2 N–H and O–H groups in total. The van der Waals surface area contributed by atoms with Crippen LogP contribution in [0.5, 0.6) is 5.75 Å². The monoisotopic (exact) mass is 288 g/mol. The van der Waals surface area contributed by atoms with Gasteiger partial charge in [0.05, 0.1) is 7.11 Å². The van der Waals surface area contributed by atoms with Crippen LogP contribution in [0.1, 0.15) is 49.7 Å². The number of methoxy groups -OCH3 is 1. The number of hydrogen-bond donors (Lipinski definition) is 1. The number of likely N-dealkylation sites (tertiary alicyclic amines) is 1. The highest BCUT2D eigenvalue weighted by Crippen LogP contribution is 2.46. The Balaban J connectivity index is 1.60. The number of piperidine rings is 1. The van der Waals surface area contributed by atoms with Crippen LogP contribution in [-0.4, -0.2) is 25.1 Å². The highest BCUT2D eigenvalue weighted by atomic mass is 16.5. The van der Waals surface area contributed by atoms with E-state index in [-0.39, 0.29) is 0 Å². The average Bonchev–Trinajstić information content (AvgIpc) is 2.98. The van der Waals surface area contributed by atoms with Crippen LogP contribution in [0.25, 0.3) is 0 Å². The molecule has 3 heteroatoms. The van der Waals surface area contributed by atoms with Crippen molar-refractivity contribution in [3.05, 3.63) is 29.3 Å². The van der Waals surface area contributed by atoms with Crippen molar-refractivity contribution in [2.75, 3.05) is 20.2 Å². The summed E-state index contributed by atoms with van der Waals surface area (Å²) in [6.45, 7) is 4.10. The molecule has 116 valence electrons. The molecule has 0 unspecified atom stereocenters. The van der Waals surface area contributed by atoms with Crippen LogP contribution in [0.2, 0.25) is 0 Å². The largest absolute Gasteiger partial charge is 0.496 e. The fourth-order valence-electron chi connectivity index (χ4n) is 4.16. The van der Waals surface area contributed by atoms with Gasteiger partial charge < -0.3 is 10.5 Å². The molecule has 0 aromatic heterocycles. The van der Waals surface area contributed by atoms with Gasteiger partial charge in [-0.15, -0.1) is 0 Å². The third-order valence-electron chi connectivity index (χ3n) is 5.55. The Hall–Kier alpha value is -1.06. The Labute approximate surface area is 128 Å². The molecule has 1 aromatic rings. The fraction of sp³-hybridized carbons (Fsp3) is 0.667. The van der Waals surface area contributed by atoms with Crippen LogP contribution >= 0.6 is 0 Å². The highest BCUT2D eigenvalue weighted by molar-refractivity contribution is 5.37. The Kier molecular flexibility index (Phi) is 4.51. The van der Waals surface area contributed by atoms with Crippen LogP contribution in [-0.2, 0) is 13.1 Å². The second-order valence-corrected chi connectivity index (χ2v) is 6.83. The Morgan fingerprint density at radius 1 is 1.14 bits per heavy atom. The molecule has 0 atom stereocenters. The summed E-state index contributed by atoms with van der Waals surface area (Å²) in [6, 6.07) is 6.44. The van der Waals surface area contributed by atoms with Crippen molar-refractivity contribution >= 4 is 0 Å². The van der Waals surface area contributed by atoms with E-state index >= 15 is 0 Å². The van der Waals surface area contributed by atoms with Gasteiger partial charge in [0.1, 0.15) is 5.75 Å². The van der Waals surface area contributed by atoms with E-state index in [2.05, 4.69) is 23.1 Å². The molecule has 2 aliphatic rings. The van der Waals surface area contributed by atoms with Crippen LogP contribution in [0.4, 0.5) is 0 Å². The van der Waals surface area contributed by atoms with Gasteiger partial charge in [-0.05, 0) is 61.9 Å². The summed E-state index contributed by atoms with van der Waals surface area (Å²) in [5.74, 6) is 0.907. The summed E-state index contributed by atoms with van der Waals surface area (Å²) in [5, 5.41) is 0. The van der Waals surface area contributed by atoms with Gasteiger partial charge in [0.15, 0.2) is 0 Å². The third-order valence-corrected chi connectivity index (χ3v) is 5.55. The minimum atomic E-state index is 0.542. The number of ether oxygens (including phenoxy) is 1. The second-order valence-electron chi connectivity index (χ2n) is 6.83. The van der Waals surface area contributed by atoms with Gasteiger partial charge in [0.25, 0.3) is 0 Å². The number of nitrogens with zero attached hydrogens (tertiary/aromatic N) is 1. The minimum absolute atomic E-state index is 0.542. The maximum atomic E-state index is 5.81. The first-order valence-corrected chi connectivity index (χ1v) is 8.33. The zero-order valence-electron chi connectivity index (χ0n) is 13.2. The molecule has 1 saturated carbocycles. The van der Waals surface area contributed by atoms with Gasteiger partial charge in [0, 0.05) is 18.7 Å². The lowest BCUT2D eigenvalue weighted by molar-refractivity contribution is 0.103. The molecule has 1 aliphatic heterocycles. The van der Waals surface area contributed by atoms with Crippen LogP contribution in [0, 0.1) is 5.41 Å². The van der Waals surface area contributed by atoms with Crippen LogP contribution in [0.15, 0.2) is 18.2 Å². The van der Waals surface area contributed by atoms with Gasteiger partial charge in [-0.3, -0.25) is 4.90 Å². The quantitative estimate of drug-likeness (QED) is 0.924. The fourth-order valence-corrected chi connectivity index (χ4v) is 4.16. The van der Waals surface area contributed by atoms with Crippen molar-refractivity contribution in [2.24, 2.45) is 11.1 Å². The van der Waals surface area contributed by atoms with Crippen molar-refractivity contribution in [1.82, 2.24) is 4.90 Å². The molecule has 1 spiro atoms. The molecule has 0 amide bonds. The van der Waals surface area contributed by atoms with Gasteiger partial charge in [0.2, 0.25) is 0 Å². The summed E-state index contributed by atoms with van der Waals surface area (Å²) in [4.78, 5) is 2.60. The van der Waals surface area contributed by atoms with Crippen molar-refractivity contribution < 1.29 is 4.74 Å². The lowest BCUT2D eigenvalue weighted by Crippen LogP contribution is -2.38. The maximum Gasteiger partial charge on any atom is 0.123 e. The number of nitrogens with two attached hydrogens (primary N) is 1. The predicted octanol–water partition coefficient (Wildman–Crippen LogP) is 3.31. The van der Waals surface area contributed by atoms with E-state index < -0.39 is 0 Å². The summed E-state index contributed by atoms with van der Waals surface area (Å²) >= 11 is 0. The van der Waals surface area contributed by atoms with E-state index in [1.54, 1.807) is 7.11 Å². The second kappa shape index (κ2) is 6.37. The van der Waals surface area contributed by atoms with E-state index in [4.69, 9.17) is 10.5 Å². The van der Waals surface area contributed by atoms with Gasteiger partial charge in [-0.1, -0.05) is 18.9 Å². The van der Waals surface area contributed by atoms with E-state index in [1.807, 2.05) is 0 Å². The predicted molar refractivity (Wildman–Crippen MR) is 86.3 cm³/mol. The first-order valence-electron chi connectivity index (χ1n) is 8.33. The Morgan fingerprint density at radius 3 is 2.48 bits per heavy atom. The molecule has 1 heterocycles. The summed E-state index contributed by atoms with van der Waals surface area (Å²) in [7, 11) is 1.71. The number of benzene rings is 1. The van der Waals surface area contributed by atoms with E-state index in [9.17, 15) is 0 Å². The Bertz CT molecular complexity index is 470. The van der Waals surface area contributed by atoms with E-state index in [1.165, 1.54) is 57.2 Å². The van der Waals surface area contributed by atoms with Crippen LogP contribution in [0.3, 0.4) is 0 Å². The van der Waals surface area contributed by atoms with Crippen LogP contribution < -0.4 is 10.5 Å². The first-order chi connectivity index (χ1) is 10.2. The van der Waals surface area contributed by atoms with Gasteiger partial charge >= 0.3 is 0 Å². The molecule has 1 saturated heterocycles. The number of hydrogen-bond acceptors (Lipinski definition) is 3. The van der Waals surface area contributed by atoms with Crippen molar-refractivity contribution in [1.29, 1.82) is 0 Å². The van der Waals surface area contributed by atoms with Crippen molar-refractivity contribution in [3.63, 3.8) is 0 Å². The highest BCUT2D eigenvalue weighted by Gasteiger charge is 2.36. The topological polar surface area (TPSA) is 38.5 Å². The molecule has 3 rings (SSSR count). The minimum Gasteiger partial charge on any atom is -0.496 e. The summed E-state index contributed by atoms with van der Waals surface area (Å²) in [6.07, 6.45) is 8.65. The molecule has 1 aliphatic carbocycles. The first kappa shape index (κ1) is 14.9. The van der Waals surface area contributed by atoms with E-state index in [0.29, 0.717) is 12.0 Å². The lowest BCUT2D eigenvalue weighted by atomic mass is 9.77. The standard InChI is InChI=1S/C18H28N2O/c1-21-17-5-4-15(12-16(17)13-19)14-20-10-8-18(9-11-20)6-2-3-7-18/h4-5,12H,2-3,6-11,13-14,19H2,1H3. The smallest absolute Gasteiger partial charge is 0.123 e. The zero-order chi connectivity index (χ0) is 14.7. The molecule has 21 heavy (non-hydrogen) atoms. The molecule has 0 radical (unpaired) electrons. The Morgan fingerprint density at radius 2 is 1.86 bits per heavy atom.